The molecule has 0 N–H and O–H groups in total. The van der Waals surface area contributed by atoms with E-state index in [1.54, 1.807) is 17.4 Å². The molecular weight excluding hydrogens is 184 g/mol. The molecule has 0 amide bonds. The van der Waals surface area contributed by atoms with Crippen LogP contribution in [-0.4, -0.2) is 12.6 Å². The van der Waals surface area contributed by atoms with Crippen molar-refractivity contribution < 1.29 is 9.53 Å². The first-order chi connectivity index (χ1) is 6.33. The van der Waals surface area contributed by atoms with Crippen LogP contribution in [-0.2, 0) is 9.53 Å². The average molecular weight is 196 g/mol. The largest absolute Gasteiger partial charge is 0.463 e. The molecule has 0 saturated carbocycles. The van der Waals surface area contributed by atoms with Gasteiger partial charge in [-0.05, 0) is 23.9 Å². The van der Waals surface area contributed by atoms with Crippen LogP contribution in [0.25, 0.3) is 6.08 Å². The Morgan fingerprint density at radius 2 is 2.54 bits per heavy atom. The Bertz CT molecular complexity index is 275. The molecule has 1 rings (SSSR count). The third-order valence-electron chi connectivity index (χ3n) is 1.38. The Morgan fingerprint density at radius 3 is 3.15 bits per heavy atom. The van der Waals surface area contributed by atoms with E-state index in [0.29, 0.717) is 6.61 Å². The van der Waals surface area contributed by atoms with Crippen molar-refractivity contribution in [1.29, 1.82) is 0 Å². The fourth-order valence-electron chi connectivity index (χ4n) is 0.787. The van der Waals surface area contributed by atoms with Crippen molar-refractivity contribution >= 4 is 23.4 Å². The summed E-state index contributed by atoms with van der Waals surface area (Å²) in [6.45, 7) is 2.46. The lowest BCUT2D eigenvalue weighted by molar-refractivity contribution is -0.137. The van der Waals surface area contributed by atoms with Crippen LogP contribution in [0.3, 0.4) is 0 Å². The van der Waals surface area contributed by atoms with E-state index in [-0.39, 0.29) is 5.97 Å². The summed E-state index contributed by atoms with van der Waals surface area (Å²) in [7, 11) is 0. The quantitative estimate of drug-likeness (QED) is 0.546. The third-order valence-corrected chi connectivity index (χ3v) is 2.21. The maximum Gasteiger partial charge on any atom is 0.330 e. The summed E-state index contributed by atoms with van der Waals surface area (Å²) in [6, 6.07) is 3.90. The van der Waals surface area contributed by atoms with Crippen molar-refractivity contribution in [1.82, 2.24) is 0 Å². The maximum atomic E-state index is 11.0. The van der Waals surface area contributed by atoms with Gasteiger partial charge < -0.3 is 4.74 Å². The highest BCUT2D eigenvalue weighted by molar-refractivity contribution is 7.10. The average Bonchev–Trinajstić information content (AvgIpc) is 2.64. The second-order valence-corrected chi connectivity index (χ2v) is 3.50. The summed E-state index contributed by atoms with van der Waals surface area (Å²) < 4.78 is 4.87. The van der Waals surface area contributed by atoms with Crippen molar-refractivity contribution in [2.45, 2.75) is 13.3 Å². The molecular formula is C10H12O2S. The second kappa shape index (κ2) is 5.54. The van der Waals surface area contributed by atoms with Crippen LogP contribution >= 0.6 is 11.3 Å². The van der Waals surface area contributed by atoms with Gasteiger partial charge in [-0.1, -0.05) is 13.0 Å². The summed E-state index contributed by atoms with van der Waals surface area (Å²) in [6.07, 6.45) is 4.09. The molecule has 3 heteroatoms. The van der Waals surface area contributed by atoms with Crippen LogP contribution in [0, 0.1) is 0 Å². The molecule has 0 unspecified atom stereocenters. The lowest BCUT2D eigenvalue weighted by atomic mass is 10.4. The number of carbonyl (C=O) groups excluding carboxylic acids is 1. The van der Waals surface area contributed by atoms with Gasteiger partial charge in [0, 0.05) is 11.0 Å². The van der Waals surface area contributed by atoms with E-state index >= 15 is 0 Å². The lowest BCUT2D eigenvalue weighted by Crippen LogP contribution is -2.00. The van der Waals surface area contributed by atoms with Crippen molar-refractivity contribution in [3.05, 3.63) is 28.5 Å². The molecule has 1 aromatic heterocycles. The standard InChI is InChI=1S/C10H12O2S/c1-2-7-12-10(11)6-5-9-4-3-8-13-9/h3-6,8H,2,7H2,1H3. The summed E-state index contributed by atoms with van der Waals surface area (Å²) in [5.41, 5.74) is 0. The molecule has 70 valence electrons. The van der Waals surface area contributed by atoms with Gasteiger partial charge in [-0.2, -0.15) is 0 Å². The van der Waals surface area contributed by atoms with Gasteiger partial charge in [0.1, 0.15) is 0 Å². The molecule has 13 heavy (non-hydrogen) atoms. The molecule has 0 aromatic carbocycles. The fraction of sp³-hybridized carbons (Fsp3) is 0.300. The normalized spacial score (nSPS) is 10.5. The molecule has 0 fully saturated rings. The molecule has 0 atom stereocenters. The molecule has 0 radical (unpaired) electrons. The first-order valence-corrected chi connectivity index (χ1v) is 5.09. The number of thiophene rings is 1. The van der Waals surface area contributed by atoms with Gasteiger partial charge in [-0.3, -0.25) is 0 Å². The van der Waals surface area contributed by atoms with Gasteiger partial charge in [-0.25, -0.2) is 4.79 Å². The Morgan fingerprint density at radius 1 is 1.69 bits per heavy atom. The van der Waals surface area contributed by atoms with E-state index in [9.17, 15) is 4.79 Å². The van der Waals surface area contributed by atoms with Crippen LogP contribution in [0.4, 0.5) is 0 Å². The molecule has 0 aliphatic carbocycles. The molecule has 0 bridgehead atoms. The van der Waals surface area contributed by atoms with Gasteiger partial charge in [0.2, 0.25) is 0 Å². The Labute approximate surface area is 81.8 Å². The number of hydrogen-bond acceptors (Lipinski definition) is 3. The van der Waals surface area contributed by atoms with E-state index in [1.165, 1.54) is 6.08 Å². The minimum Gasteiger partial charge on any atom is -0.463 e. The number of carbonyl (C=O) groups is 1. The number of rotatable bonds is 4. The first-order valence-electron chi connectivity index (χ1n) is 4.21. The van der Waals surface area contributed by atoms with Crippen LogP contribution in [0.1, 0.15) is 18.2 Å². The van der Waals surface area contributed by atoms with E-state index in [4.69, 9.17) is 4.74 Å². The van der Waals surface area contributed by atoms with Gasteiger partial charge in [0.25, 0.3) is 0 Å². The Balaban J connectivity index is 2.35. The van der Waals surface area contributed by atoms with Crippen LogP contribution < -0.4 is 0 Å². The highest BCUT2D eigenvalue weighted by Crippen LogP contribution is 2.09. The van der Waals surface area contributed by atoms with Crippen molar-refractivity contribution in [2.24, 2.45) is 0 Å². The summed E-state index contributed by atoms with van der Waals surface area (Å²) in [5.74, 6) is -0.268. The fourth-order valence-corrected chi connectivity index (χ4v) is 1.41. The minimum absolute atomic E-state index is 0.268. The first kappa shape index (κ1) is 9.99. The zero-order valence-electron chi connectivity index (χ0n) is 7.53. The molecule has 2 nitrogen and oxygen atoms in total. The zero-order valence-corrected chi connectivity index (χ0v) is 8.34. The Kier molecular flexibility index (Phi) is 4.26. The smallest absolute Gasteiger partial charge is 0.330 e. The molecule has 0 saturated heterocycles. The SMILES string of the molecule is CCCOC(=O)C=Cc1cccs1. The van der Waals surface area contributed by atoms with Crippen LogP contribution in [0.5, 0.6) is 0 Å². The van der Waals surface area contributed by atoms with E-state index in [0.717, 1.165) is 11.3 Å². The van der Waals surface area contributed by atoms with Crippen LogP contribution in [0.2, 0.25) is 0 Å². The molecule has 1 heterocycles. The molecule has 0 aliphatic rings. The number of ether oxygens (including phenoxy) is 1. The number of hydrogen-bond donors (Lipinski definition) is 0. The van der Waals surface area contributed by atoms with Crippen molar-refractivity contribution in [2.75, 3.05) is 6.61 Å². The van der Waals surface area contributed by atoms with E-state index < -0.39 is 0 Å². The van der Waals surface area contributed by atoms with Crippen molar-refractivity contribution in [3.63, 3.8) is 0 Å². The van der Waals surface area contributed by atoms with Crippen molar-refractivity contribution in [3.8, 4) is 0 Å². The van der Waals surface area contributed by atoms with Gasteiger partial charge in [-0.15, -0.1) is 11.3 Å². The minimum atomic E-state index is -0.268. The van der Waals surface area contributed by atoms with Gasteiger partial charge in [0.15, 0.2) is 0 Å². The number of esters is 1. The highest BCUT2D eigenvalue weighted by Gasteiger charge is 1.94. The summed E-state index contributed by atoms with van der Waals surface area (Å²) >= 11 is 1.59. The van der Waals surface area contributed by atoms with E-state index in [2.05, 4.69) is 0 Å². The van der Waals surface area contributed by atoms with E-state index in [1.807, 2.05) is 24.4 Å². The monoisotopic (exact) mass is 196 g/mol. The topological polar surface area (TPSA) is 26.3 Å². The predicted molar refractivity (Wildman–Crippen MR) is 54.6 cm³/mol. The van der Waals surface area contributed by atoms with Gasteiger partial charge >= 0.3 is 5.97 Å². The lowest BCUT2D eigenvalue weighted by Gasteiger charge is -1.96. The van der Waals surface area contributed by atoms with Crippen LogP contribution in [0.15, 0.2) is 23.6 Å². The molecule has 0 spiro atoms. The van der Waals surface area contributed by atoms with Gasteiger partial charge in [0.05, 0.1) is 6.61 Å². The maximum absolute atomic E-state index is 11.0. The summed E-state index contributed by atoms with van der Waals surface area (Å²) in [5, 5.41) is 1.97. The summed E-state index contributed by atoms with van der Waals surface area (Å²) in [4.78, 5) is 12.1. The predicted octanol–water partition coefficient (Wildman–Crippen LogP) is 2.71. The zero-order chi connectivity index (χ0) is 9.52. The highest BCUT2D eigenvalue weighted by atomic mass is 32.1. The molecule has 0 aliphatic heterocycles. The Hall–Kier alpha value is -1.09. The second-order valence-electron chi connectivity index (χ2n) is 2.52. The third kappa shape index (κ3) is 3.90. The molecule has 1 aromatic rings.